The Morgan fingerprint density at radius 2 is 1.70 bits per heavy atom. The summed E-state index contributed by atoms with van der Waals surface area (Å²) in [6.07, 6.45) is 2.79. The van der Waals surface area contributed by atoms with E-state index in [0.717, 1.165) is 50.2 Å². The van der Waals surface area contributed by atoms with Gasteiger partial charge >= 0.3 is 0 Å². The van der Waals surface area contributed by atoms with Gasteiger partial charge in [-0.05, 0) is 68.5 Å². The summed E-state index contributed by atoms with van der Waals surface area (Å²) in [5.41, 5.74) is 3.79. The van der Waals surface area contributed by atoms with Crippen molar-refractivity contribution < 1.29 is 9.53 Å². The van der Waals surface area contributed by atoms with E-state index in [1.54, 1.807) is 7.11 Å². The first-order chi connectivity index (χ1) is 14.4. The number of methoxy groups -OCH3 is 1. The van der Waals surface area contributed by atoms with Gasteiger partial charge < -0.3 is 10.1 Å². The molecule has 162 valence electrons. The highest BCUT2D eigenvalue weighted by atomic mass is 16.5. The van der Waals surface area contributed by atoms with Crippen molar-refractivity contribution >= 4 is 5.91 Å². The van der Waals surface area contributed by atoms with Crippen LogP contribution >= 0.6 is 0 Å². The van der Waals surface area contributed by atoms with Crippen LogP contribution in [-0.4, -0.2) is 31.0 Å². The minimum atomic E-state index is 0.0500. The van der Waals surface area contributed by atoms with Crippen molar-refractivity contribution in [3.63, 3.8) is 0 Å². The predicted molar refractivity (Wildman–Crippen MR) is 123 cm³/mol. The molecular formula is C26H36N2O2. The Bertz CT molecular complexity index is 791. The normalized spacial score (nSPS) is 16.4. The van der Waals surface area contributed by atoms with Crippen LogP contribution in [0.25, 0.3) is 0 Å². The van der Waals surface area contributed by atoms with Gasteiger partial charge in [0, 0.05) is 12.5 Å². The van der Waals surface area contributed by atoms with Gasteiger partial charge in [0.05, 0.1) is 13.2 Å². The second-order valence-corrected chi connectivity index (χ2v) is 9.00. The molecule has 1 N–H and O–H groups in total. The lowest BCUT2D eigenvalue weighted by atomic mass is 9.92. The van der Waals surface area contributed by atoms with E-state index < -0.39 is 0 Å². The van der Waals surface area contributed by atoms with Gasteiger partial charge in [0.1, 0.15) is 5.75 Å². The Hall–Kier alpha value is -2.33. The van der Waals surface area contributed by atoms with Crippen molar-refractivity contribution in [2.45, 2.75) is 52.6 Å². The summed E-state index contributed by atoms with van der Waals surface area (Å²) >= 11 is 0. The van der Waals surface area contributed by atoms with Crippen molar-refractivity contribution in [3.8, 4) is 5.75 Å². The smallest absolute Gasteiger partial charge is 0.223 e. The summed E-state index contributed by atoms with van der Waals surface area (Å²) in [7, 11) is 1.67. The third-order valence-electron chi connectivity index (χ3n) is 6.03. The third kappa shape index (κ3) is 6.33. The molecule has 0 bridgehead atoms. The van der Waals surface area contributed by atoms with Gasteiger partial charge in [-0.25, -0.2) is 0 Å². The summed E-state index contributed by atoms with van der Waals surface area (Å²) in [6.45, 7) is 9.44. The maximum atomic E-state index is 13.0. The van der Waals surface area contributed by atoms with Gasteiger partial charge in [-0.3, -0.25) is 9.69 Å². The van der Waals surface area contributed by atoms with Crippen LogP contribution in [-0.2, 0) is 11.3 Å². The summed E-state index contributed by atoms with van der Waals surface area (Å²) in [6, 6.07) is 16.9. The molecule has 0 saturated carbocycles. The molecule has 0 spiro atoms. The Labute approximate surface area is 181 Å². The molecule has 3 rings (SSSR count). The minimum Gasteiger partial charge on any atom is -0.497 e. The van der Waals surface area contributed by atoms with Crippen LogP contribution in [0.15, 0.2) is 48.5 Å². The average molecular weight is 409 g/mol. The largest absolute Gasteiger partial charge is 0.497 e. The molecule has 1 heterocycles. The average Bonchev–Trinajstić information content (AvgIpc) is 2.75. The summed E-state index contributed by atoms with van der Waals surface area (Å²) in [5.74, 6) is 1.65. The number of piperidine rings is 1. The van der Waals surface area contributed by atoms with Gasteiger partial charge in [0.15, 0.2) is 0 Å². The number of carbonyl (C=O) groups excluding carboxylic acids is 1. The number of benzene rings is 2. The predicted octanol–water partition coefficient (Wildman–Crippen LogP) is 5.12. The van der Waals surface area contributed by atoms with E-state index in [2.05, 4.69) is 67.4 Å². The summed E-state index contributed by atoms with van der Waals surface area (Å²) in [5, 5.41) is 3.34. The molecule has 1 atom stereocenters. The van der Waals surface area contributed by atoms with Crippen LogP contribution < -0.4 is 10.1 Å². The molecule has 0 aliphatic carbocycles. The van der Waals surface area contributed by atoms with E-state index in [-0.39, 0.29) is 17.9 Å². The number of likely N-dealkylation sites (tertiary alicyclic amines) is 1. The van der Waals surface area contributed by atoms with Crippen molar-refractivity contribution in [3.05, 3.63) is 65.2 Å². The number of hydrogen-bond acceptors (Lipinski definition) is 3. The van der Waals surface area contributed by atoms with Crippen LogP contribution in [0.1, 0.15) is 55.8 Å². The number of hydrogen-bond donors (Lipinski definition) is 1. The van der Waals surface area contributed by atoms with E-state index >= 15 is 0 Å². The van der Waals surface area contributed by atoms with E-state index in [1.807, 2.05) is 12.1 Å². The number of carbonyl (C=O) groups is 1. The van der Waals surface area contributed by atoms with Crippen LogP contribution in [0.3, 0.4) is 0 Å². The Kier molecular flexibility index (Phi) is 7.92. The highest BCUT2D eigenvalue weighted by Gasteiger charge is 2.27. The zero-order chi connectivity index (χ0) is 21.5. The molecule has 1 aliphatic heterocycles. The van der Waals surface area contributed by atoms with E-state index in [1.165, 1.54) is 11.1 Å². The topological polar surface area (TPSA) is 41.6 Å². The zero-order valence-corrected chi connectivity index (χ0v) is 18.9. The molecule has 0 unspecified atom stereocenters. The van der Waals surface area contributed by atoms with Crippen molar-refractivity contribution in [1.82, 2.24) is 10.2 Å². The molecule has 1 aliphatic rings. The van der Waals surface area contributed by atoms with Crippen LogP contribution in [0.4, 0.5) is 0 Å². The number of rotatable bonds is 8. The minimum absolute atomic E-state index is 0.0500. The highest BCUT2D eigenvalue weighted by Crippen LogP contribution is 2.26. The molecule has 0 aromatic heterocycles. The molecule has 1 amide bonds. The van der Waals surface area contributed by atoms with Crippen molar-refractivity contribution in [2.75, 3.05) is 20.2 Å². The van der Waals surface area contributed by atoms with Crippen LogP contribution in [0.5, 0.6) is 5.75 Å². The van der Waals surface area contributed by atoms with Crippen LogP contribution in [0, 0.1) is 18.8 Å². The monoisotopic (exact) mass is 408 g/mol. The standard InChI is InChI=1S/C26H36N2O2/c1-19(2)17-25(22-9-11-24(30-4)12-10-22)27-26(29)23-13-15-28(16-14-23)18-21-7-5-20(3)6-8-21/h5-12,19,23,25H,13-18H2,1-4H3,(H,27,29)/t25-/m0/s1. The maximum Gasteiger partial charge on any atom is 0.223 e. The van der Waals surface area contributed by atoms with Gasteiger partial charge in [0.25, 0.3) is 0 Å². The fraction of sp³-hybridized carbons (Fsp3) is 0.500. The number of nitrogens with one attached hydrogen (secondary N) is 1. The quantitative estimate of drug-likeness (QED) is 0.659. The second-order valence-electron chi connectivity index (χ2n) is 9.00. The van der Waals surface area contributed by atoms with Crippen LogP contribution in [0.2, 0.25) is 0 Å². The lowest BCUT2D eigenvalue weighted by Gasteiger charge is -2.32. The highest BCUT2D eigenvalue weighted by molar-refractivity contribution is 5.79. The molecule has 0 radical (unpaired) electrons. The van der Waals surface area contributed by atoms with Gasteiger partial charge in [-0.15, -0.1) is 0 Å². The van der Waals surface area contributed by atoms with Gasteiger partial charge in [-0.2, -0.15) is 0 Å². The summed E-state index contributed by atoms with van der Waals surface area (Å²) < 4.78 is 5.27. The molecule has 2 aromatic rings. The number of aryl methyl sites for hydroxylation is 1. The Morgan fingerprint density at radius 1 is 1.07 bits per heavy atom. The lowest BCUT2D eigenvalue weighted by molar-refractivity contribution is -0.127. The molecule has 30 heavy (non-hydrogen) atoms. The Balaban J connectivity index is 1.55. The Morgan fingerprint density at radius 3 is 2.27 bits per heavy atom. The lowest BCUT2D eigenvalue weighted by Crippen LogP contribution is -2.41. The van der Waals surface area contributed by atoms with Gasteiger partial charge in [-0.1, -0.05) is 55.8 Å². The maximum absolute atomic E-state index is 13.0. The first-order valence-electron chi connectivity index (χ1n) is 11.2. The first-order valence-corrected chi connectivity index (χ1v) is 11.2. The molecular weight excluding hydrogens is 372 g/mol. The van der Waals surface area contributed by atoms with E-state index in [9.17, 15) is 4.79 Å². The molecule has 2 aromatic carbocycles. The van der Waals surface area contributed by atoms with Gasteiger partial charge in [0.2, 0.25) is 5.91 Å². The SMILES string of the molecule is COc1ccc([C@H](CC(C)C)NC(=O)C2CCN(Cc3ccc(C)cc3)CC2)cc1. The molecule has 4 heteroatoms. The molecule has 4 nitrogen and oxygen atoms in total. The fourth-order valence-corrected chi connectivity index (χ4v) is 4.18. The summed E-state index contributed by atoms with van der Waals surface area (Å²) in [4.78, 5) is 15.5. The van der Waals surface area contributed by atoms with E-state index in [4.69, 9.17) is 4.74 Å². The fourth-order valence-electron chi connectivity index (χ4n) is 4.18. The second kappa shape index (κ2) is 10.6. The molecule has 1 saturated heterocycles. The van der Waals surface area contributed by atoms with E-state index in [0.29, 0.717) is 5.92 Å². The number of amides is 1. The third-order valence-corrected chi connectivity index (χ3v) is 6.03. The number of ether oxygens (including phenoxy) is 1. The van der Waals surface area contributed by atoms with Crippen molar-refractivity contribution in [2.24, 2.45) is 11.8 Å². The molecule has 1 fully saturated rings. The zero-order valence-electron chi connectivity index (χ0n) is 18.9. The number of nitrogens with zero attached hydrogens (tertiary/aromatic N) is 1. The van der Waals surface area contributed by atoms with Crippen molar-refractivity contribution in [1.29, 1.82) is 0 Å². The first kappa shape index (κ1) is 22.4.